The van der Waals surface area contributed by atoms with Gasteiger partial charge >= 0.3 is 0 Å². The zero-order chi connectivity index (χ0) is 28.7. The summed E-state index contributed by atoms with van der Waals surface area (Å²) < 4.78 is 0. The zero-order valence-electron chi connectivity index (χ0n) is 25.1. The number of nitrogen functional groups attached to an aromatic ring is 2. The minimum atomic E-state index is -0.602. The topological polar surface area (TPSA) is 98.2 Å². The molecule has 1 saturated carbocycles. The molecule has 5 heteroatoms. The molecule has 5 N–H and O–H groups in total. The van der Waals surface area contributed by atoms with Crippen molar-refractivity contribution < 1.29 is 9.59 Å². The second kappa shape index (κ2) is 10.9. The van der Waals surface area contributed by atoms with Crippen molar-refractivity contribution >= 4 is 23.2 Å². The normalized spacial score (nSPS) is 28.9. The number of hydrogen-bond acceptors (Lipinski definition) is 4. The zero-order valence-corrected chi connectivity index (χ0v) is 25.1. The summed E-state index contributed by atoms with van der Waals surface area (Å²) in [6.45, 7) is 8.74. The predicted octanol–water partition coefficient (Wildman–Crippen LogP) is 6.90. The second-order valence-corrected chi connectivity index (χ2v) is 13.8. The van der Waals surface area contributed by atoms with Crippen LogP contribution in [0.3, 0.4) is 0 Å². The molecular weight excluding hydrogens is 494 g/mol. The molecule has 0 saturated heterocycles. The molecule has 0 aromatic heterocycles. The number of benzene rings is 2. The maximum Gasteiger partial charge on any atom is 0.232 e. The molecule has 5 nitrogen and oxygen atoms in total. The van der Waals surface area contributed by atoms with E-state index in [4.69, 9.17) is 11.5 Å². The smallest absolute Gasteiger partial charge is 0.232 e. The van der Waals surface area contributed by atoms with Gasteiger partial charge in [0, 0.05) is 16.8 Å². The van der Waals surface area contributed by atoms with Gasteiger partial charge in [0.05, 0.1) is 5.41 Å². The van der Waals surface area contributed by atoms with Crippen LogP contribution >= 0.6 is 0 Å². The molecule has 216 valence electrons. The molecule has 0 heterocycles. The van der Waals surface area contributed by atoms with Gasteiger partial charge in [0.15, 0.2) is 0 Å². The largest absolute Gasteiger partial charge is 0.399 e. The van der Waals surface area contributed by atoms with Gasteiger partial charge in [-0.05, 0) is 115 Å². The maximum atomic E-state index is 14.2. The Balaban J connectivity index is 1.40. The average Bonchev–Trinajstić information content (AvgIpc) is 2.92. The van der Waals surface area contributed by atoms with E-state index in [-0.39, 0.29) is 29.1 Å². The van der Waals surface area contributed by atoms with Gasteiger partial charge in [0.2, 0.25) is 11.8 Å². The van der Waals surface area contributed by atoms with Crippen LogP contribution in [0.1, 0.15) is 108 Å². The van der Waals surface area contributed by atoms with Crippen LogP contribution in [0.2, 0.25) is 0 Å². The fourth-order valence-electron chi connectivity index (χ4n) is 8.70. The van der Waals surface area contributed by atoms with E-state index in [9.17, 15) is 9.59 Å². The summed E-state index contributed by atoms with van der Waals surface area (Å²) in [4.78, 5) is 28.5. The van der Waals surface area contributed by atoms with Crippen molar-refractivity contribution in [2.24, 2.45) is 22.7 Å². The Morgan fingerprint density at radius 3 is 2.40 bits per heavy atom. The molecular formula is C35H49N3O2. The summed E-state index contributed by atoms with van der Waals surface area (Å²) in [6, 6.07) is 12.5. The predicted molar refractivity (Wildman–Crippen MR) is 164 cm³/mol. The van der Waals surface area contributed by atoms with Gasteiger partial charge in [-0.15, -0.1) is 0 Å². The van der Waals surface area contributed by atoms with Crippen molar-refractivity contribution in [1.82, 2.24) is 5.32 Å². The number of amides is 2. The fourth-order valence-corrected chi connectivity index (χ4v) is 8.70. The van der Waals surface area contributed by atoms with Gasteiger partial charge in [-0.1, -0.05) is 65.5 Å². The van der Waals surface area contributed by atoms with Crippen LogP contribution in [0.25, 0.3) is 0 Å². The standard InChI is InChI=1S/C35H49N3O2/c1-5-6-7-17-33(2,26-13-9-23-10-14-27(36)21-25(23)20-26)31(39)38-32(40)35(4)19-8-18-34(3)29-22-28(37)15-11-24(29)12-16-30(34)35/h10-11,14-15,21-22,26,30H,5-9,12-13,16-20,36-37H2,1-4H3,(H,38,39,40)/t26-,30-,33+,34-,35+/m1/s1. The summed E-state index contributed by atoms with van der Waals surface area (Å²) in [7, 11) is 0. The van der Waals surface area contributed by atoms with E-state index < -0.39 is 10.8 Å². The fraction of sp³-hybridized carbons (Fsp3) is 0.600. The third-order valence-corrected chi connectivity index (χ3v) is 11.3. The third-order valence-electron chi connectivity index (χ3n) is 11.3. The van der Waals surface area contributed by atoms with Crippen LogP contribution in [0, 0.1) is 22.7 Å². The molecule has 2 aromatic rings. The van der Waals surface area contributed by atoms with Gasteiger partial charge in [0.25, 0.3) is 0 Å². The Bertz CT molecular complexity index is 1290. The summed E-state index contributed by atoms with van der Waals surface area (Å²) in [5.41, 5.74) is 17.9. The molecule has 2 aromatic carbocycles. The minimum absolute atomic E-state index is 0.0806. The van der Waals surface area contributed by atoms with E-state index in [2.05, 4.69) is 57.3 Å². The van der Waals surface area contributed by atoms with Gasteiger partial charge in [-0.3, -0.25) is 14.9 Å². The first-order chi connectivity index (χ1) is 19.0. The molecule has 0 spiro atoms. The monoisotopic (exact) mass is 543 g/mol. The molecule has 0 aliphatic heterocycles. The maximum absolute atomic E-state index is 14.2. The van der Waals surface area contributed by atoms with Gasteiger partial charge in [0.1, 0.15) is 0 Å². The average molecular weight is 544 g/mol. The lowest BCUT2D eigenvalue weighted by atomic mass is 9.49. The number of nitrogens with two attached hydrogens (primary N) is 2. The number of anilines is 2. The minimum Gasteiger partial charge on any atom is -0.399 e. The van der Waals surface area contributed by atoms with Crippen LogP contribution in [-0.4, -0.2) is 11.8 Å². The Morgan fingerprint density at radius 1 is 0.950 bits per heavy atom. The van der Waals surface area contributed by atoms with Crippen LogP contribution in [0.15, 0.2) is 36.4 Å². The van der Waals surface area contributed by atoms with Crippen LogP contribution < -0.4 is 16.8 Å². The molecule has 5 rings (SSSR count). The summed E-state index contributed by atoms with van der Waals surface area (Å²) in [6.07, 6.45) is 11.5. The number of hydrogen-bond donors (Lipinski definition) is 3. The Kier molecular flexibility index (Phi) is 7.80. The Hall–Kier alpha value is -2.82. The molecule has 0 unspecified atom stereocenters. The Morgan fingerprint density at radius 2 is 1.65 bits per heavy atom. The number of aryl methyl sites for hydroxylation is 2. The van der Waals surface area contributed by atoms with Crippen LogP contribution in [0.5, 0.6) is 0 Å². The highest BCUT2D eigenvalue weighted by molar-refractivity contribution is 6.00. The number of nitrogens with one attached hydrogen (secondary N) is 1. The first kappa shape index (κ1) is 28.7. The number of carbonyl (C=O) groups excluding carboxylic acids is 2. The first-order valence-electron chi connectivity index (χ1n) is 15.6. The molecule has 3 aliphatic carbocycles. The highest BCUT2D eigenvalue weighted by Gasteiger charge is 2.56. The lowest BCUT2D eigenvalue weighted by Crippen LogP contribution is -2.58. The Labute approximate surface area is 240 Å². The van der Waals surface area contributed by atoms with Crippen molar-refractivity contribution in [3.05, 3.63) is 58.7 Å². The number of fused-ring (bicyclic) bond motifs is 4. The van der Waals surface area contributed by atoms with Crippen LogP contribution in [0.4, 0.5) is 11.4 Å². The SMILES string of the molecule is CCCCC[C@](C)(C(=O)NC(=O)[C@@]1(C)CCC[C@]2(C)c3cc(N)ccc3CC[C@@H]12)[C@@H]1CCc2ccc(N)cc2C1. The van der Waals surface area contributed by atoms with Crippen molar-refractivity contribution in [2.45, 2.75) is 110 Å². The van der Waals surface area contributed by atoms with E-state index in [1.54, 1.807) is 0 Å². The number of unbranched alkanes of at least 4 members (excludes halogenated alkanes) is 2. The van der Waals surface area contributed by atoms with Crippen molar-refractivity contribution in [3.8, 4) is 0 Å². The van der Waals surface area contributed by atoms with Gasteiger partial charge < -0.3 is 11.5 Å². The first-order valence-corrected chi connectivity index (χ1v) is 15.6. The summed E-state index contributed by atoms with van der Waals surface area (Å²) >= 11 is 0. The van der Waals surface area contributed by atoms with Crippen molar-refractivity contribution in [2.75, 3.05) is 11.5 Å². The van der Waals surface area contributed by atoms with Crippen molar-refractivity contribution in [3.63, 3.8) is 0 Å². The second-order valence-electron chi connectivity index (χ2n) is 13.8. The van der Waals surface area contributed by atoms with E-state index >= 15 is 0 Å². The van der Waals surface area contributed by atoms with Gasteiger partial charge in [-0.25, -0.2) is 0 Å². The molecule has 1 fully saturated rings. The molecule has 5 atom stereocenters. The third kappa shape index (κ3) is 4.94. The van der Waals surface area contributed by atoms with Crippen molar-refractivity contribution in [1.29, 1.82) is 0 Å². The molecule has 0 bridgehead atoms. The van der Waals surface area contributed by atoms with Gasteiger partial charge in [-0.2, -0.15) is 0 Å². The molecule has 2 amide bonds. The summed E-state index contributed by atoms with van der Waals surface area (Å²) in [5, 5.41) is 3.05. The number of carbonyl (C=O) groups is 2. The lowest BCUT2D eigenvalue weighted by molar-refractivity contribution is -0.148. The highest BCUT2D eigenvalue weighted by Crippen LogP contribution is 2.57. The van der Waals surface area contributed by atoms with E-state index in [0.717, 1.165) is 88.4 Å². The van der Waals surface area contributed by atoms with E-state index in [1.807, 2.05) is 12.1 Å². The molecule has 0 radical (unpaired) electrons. The van der Waals surface area contributed by atoms with E-state index in [1.165, 1.54) is 22.3 Å². The highest BCUT2D eigenvalue weighted by atomic mass is 16.2. The molecule has 40 heavy (non-hydrogen) atoms. The number of rotatable bonds is 7. The molecule has 3 aliphatic rings. The van der Waals surface area contributed by atoms with Crippen LogP contribution in [-0.2, 0) is 34.3 Å². The number of imide groups is 1. The lowest BCUT2D eigenvalue weighted by Gasteiger charge is -2.54. The summed E-state index contributed by atoms with van der Waals surface area (Å²) in [5.74, 6) is 0.190. The van der Waals surface area contributed by atoms with E-state index in [0.29, 0.717) is 0 Å². The quantitative estimate of drug-likeness (QED) is 0.261.